The minimum atomic E-state index is -2.47. The lowest BCUT2D eigenvalue weighted by atomic mass is 11.4. The molecule has 0 aromatic rings. The van der Waals surface area contributed by atoms with Crippen LogP contribution in [0.5, 0.6) is 0 Å². The van der Waals surface area contributed by atoms with Gasteiger partial charge in [0.05, 0.1) is 0 Å². The van der Waals surface area contributed by atoms with Crippen molar-refractivity contribution in [2.24, 2.45) is 5.73 Å². The van der Waals surface area contributed by atoms with Gasteiger partial charge in [-0.05, 0) is 0 Å². The maximum atomic E-state index is 10.3. The first kappa shape index (κ1) is 7.29. The van der Waals surface area contributed by atoms with E-state index in [0.717, 1.165) is 0 Å². The lowest BCUT2D eigenvalue weighted by Crippen LogP contribution is -2.09. The fourth-order valence-corrected chi connectivity index (χ4v) is 0.537. The summed E-state index contributed by atoms with van der Waals surface area (Å²) in [6, 6.07) is 0. The Morgan fingerprint density at radius 2 is 2.43 bits per heavy atom. The Bertz CT molecular complexity index is 127. The van der Waals surface area contributed by atoms with Crippen LogP contribution in [0.3, 0.4) is 0 Å². The second-order valence-electron chi connectivity index (χ2n) is 0.989. The predicted molar refractivity (Wildman–Crippen MR) is 31.6 cm³/mol. The molecule has 7 heavy (non-hydrogen) atoms. The van der Waals surface area contributed by atoms with Crippen molar-refractivity contribution < 1.29 is 8.39 Å². The van der Waals surface area contributed by atoms with E-state index < -0.39 is 8.77 Å². The van der Waals surface area contributed by atoms with Gasteiger partial charge in [-0.1, -0.05) is 0 Å². The largest absolute Gasteiger partial charge is 0.308 e. The molecule has 2 N–H and O–H groups in total. The molecule has 0 aliphatic heterocycles. The van der Waals surface area contributed by atoms with E-state index in [-0.39, 0.29) is 6.73 Å². The van der Waals surface area contributed by atoms with E-state index in [1.165, 1.54) is 6.26 Å². The molecule has 0 heterocycles. The average Bonchev–Trinajstić information content (AvgIpc) is 1.30. The molecule has 0 aromatic heterocycles. The van der Waals surface area contributed by atoms with Gasteiger partial charge in [-0.2, -0.15) is 0 Å². The molecule has 0 saturated carbocycles. The van der Waals surface area contributed by atoms with Crippen LogP contribution >= 0.6 is 0 Å². The first-order valence-corrected chi connectivity index (χ1v) is 4.42. The average molecular weight is 141 g/mol. The Morgan fingerprint density at radius 3 is 2.43 bits per heavy atom. The number of hydrogen-bond donors (Lipinski definition) is 1. The Kier molecular flexibility index (Phi) is 2.67. The topological polar surface area (TPSA) is 52.3 Å². The third-order valence-electron chi connectivity index (χ3n) is 0.282. The summed E-state index contributed by atoms with van der Waals surface area (Å²) in [5.41, 5.74) is 4.85. The van der Waals surface area contributed by atoms with Crippen molar-refractivity contribution in [1.82, 2.24) is 0 Å². The summed E-state index contributed by atoms with van der Waals surface area (Å²) in [4.78, 5) is 0. The lowest BCUT2D eigenvalue weighted by Gasteiger charge is -1.94. The highest BCUT2D eigenvalue weighted by molar-refractivity contribution is 8.29. The zero-order valence-corrected chi connectivity index (χ0v) is 5.55. The van der Waals surface area contributed by atoms with Crippen LogP contribution in [0.4, 0.5) is 0 Å². The van der Waals surface area contributed by atoms with Crippen LogP contribution in [0.25, 0.3) is 0 Å². The summed E-state index contributed by atoms with van der Waals surface area (Å²) in [5, 5.41) is 0. The fraction of sp³-hybridized carbons (Fsp3) is 1.00. The van der Waals surface area contributed by atoms with E-state index in [1.807, 2.05) is 0 Å². The zero-order valence-electron chi connectivity index (χ0n) is 3.92. The van der Waals surface area contributed by atoms with Gasteiger partial charge < -0.3 is 5.73 Å². The lowest BCUT2D eigenvalue weighted by molar-refractivity contribution is 0.362. The van der Waals surface area contributed by atoms with Gasteiger partial charge in [0.25, 0.3) is 0 Å². The van der Waals surface area contributed by atoms with Gasteiger partial charge in [-0.15, -0.1) is 0 Å². The van der Waals surface area contributed by atoms with E-state index in [2.05, 4.69) is 15.4 Å². The highest BCUT2D eigenvalue weighted by Crippen LogP contribution is 1.80. The highest BCUT2D eigenvalue weighted by Gasteiger charge is 1.89. The summed E-state index contributed by atoms with van der Waals surface area (Å²) in [6.45, 7) is -0.0706. The van der Waals surface area contributed by atoms with Gasteiger partial charge in [-0.25, -0.2) is 4.21 Å². The third-order valence-corrected chi connectivity index (χ3v) is 1.14. The van der Waals surface area contributed by atoms with Crippen molar-refractivity contribution >= 4 is 20.0 Å². The van der Waals surface area contributed by atoms with E-state index in [1.54, 1.807) is 0 Å². The van der Waals surface area contributed by atoms with Crippen molar-refractivity contribution in [2.45, 2.75) is 0 Å². The second-order valence-corrected chi connectivity index (χ2v) is 4.45. The maximum Gasteiger partial charge on any atom is 0.142 e. The molecule has 0 fully saturated rings. The molecule has 44 valence electrons. The van der Waals surface area contributed by atoms with Crippen molar-refractivity contribution in [3.05, 3.63) is 0 Å². The fourth-order valence-electron chi connectivity index (χ4n) is 0.124. The van der Waals surface area contributed by atoms with Gasteiger partial charge in [0.15, 0.2) is 0 Å². The number of rotatable bonds is 2. The minimum absolute atomic E-state index is 0.0706. The first-order valence-electron chi connectivity index (χ1n) is 1.61. The molecule has 0 saturated heterocycles. The summed E-state index contributed by atoms with van der Waals surface area (Å²) in [7, 11) is -2.47. The van der Waals surface area contributed by atoms with Crippen molar-refractivity contribution in [2.75, 3.05) is 13.0 Å². The van der Waals surface area contributed by atoms with Gasteiger partial charge >= 0.3 is 0 Å². The number of hydrogen-bond acceptors (Lipinski definition) is 4. The van der Waals surface area contributed by atoms with Gasteiger partial charge in [0, 0.05) is 17.4 Å². The minimum Gasteiger partial charge on any atom is -0.308 e. The second kappa shape index (κ2) is 2.56. The quantitative estimate of drug-likeness (QED) is 0.512. The highest BCUT2D eigenvalue weighted by atomic mass is 32.8. The maximum absolute atomic E-state index is 10.3. The summed E-state index contributed by atoms with van der Waals surface area (Å²) >= 11 is 4.31. The van der Waals surface area contributed by atoms with Crippen molar-refractivity contribution in [3.8, 4) is 0 Å². The SMILES string of the molecule is CS(=O)(=S)OCN. The van der Waals surface area contributed by atoms with Crippen LogP contribution < -0.4 is 5.73 Å². The van der Waals surface area contributed by atoms with E-state index >= 15 is 0 Å². The molecule has 0 aliphatic rings. The summed E-state index contributed by atoms with van der Waals surface area (Å²) < 4.78 is 14.6. The Labute approximate surface area is 47.7 Å². The van der Waals surface area contributed by atoms with E-state index in [9.17, 15) is 4.21 Å². The molecule has 0 radical (unpaired) electrons. The summed E-state index contributed by atoms with van der Waals surface area (Å²) in [6.07, 6.45) is 1.31. The molecule has 0 amide bonds. The van der Waals surface area contributed by atoms with Gasteiger partial charge in [0.2, 0.25) is 0 Å². The molecule has 0 rings (SSSR count). The van der Waals surface area contributed by atoms with E-state index in [0.29, 0.717) is 0 Å². The molecule has 0 spiro atoms. The molecular formula is C2H7NO2S2. The molecule has 3 nitrogen and oxygen atoms in total. The summed E-state index contributed by atoms with van der Waals surface area (Å²) in [5.74, 6) is 0. The van der Waals surface area contributed by atoms with Crippen LogP contribution in [0.15, 0.2) is 0 Å². The van der Waals surface area contributed by atoms with Crippen molar-refractivity contribution in [1.29, 1.82) is 0 Å². The van der Waals surface area contributed by atoms with Crippen molar-refractivity contribution in [3.63, 3.8) is 0 Å². The van der Waals surface area contributed by atoms with Crippen LogP contribution in [0, 0.1) is 0 Å². The standard InChI is InChI=1S/C2H7NO2S2/c1-7(4,6)5-2-3/h2-3H2,1H3. The molecule has 1 unspecified atom stereocenters. The predicted octanol–water partition coefficient (Wildman–Crippen LogP) is -0.790. The Hall–Kier alpha value is 0.290. The van der Waals surface area contributed by atoms with Gasteiger partial charge in [0.1, 0.15) is 15.5 Å². The zero-order chi connectivity index (χ0) is 5.91. The first-order chi connectivity index (χ1) is 3.06. The van der Waals surface area contributed by atoms with Gasteiger partial charge in [-0.3, -0.25) is 4.18 Å². The molecule has 5 heteroatoms. The molecule has 0 bridgehead atoms. The third kappa shape index (κ3) is 6.29. The molecule has 1 atom stereocenters. The van der Waals surface area contributed by atoms with Crippen LogP contribution in [0.2, 0.25) is 0 Å². The Balaban J connectivity index is 3.60. The monoisotopic (exact) mass is 141 g/mol. The Morgan fingerprint density at radius 1 is 2.00 bits per heavy atom. The van der Waals surface area contributed by atoms with E-state index in [4.69, 9.17) is 5.73 Å². The normalized spacial score (nSPS) is 18.6. The molecular weight excluding hydrogens is 134 g/mol. The van der Waals surface area contributed by atoms with Crippen LogP contribution in [-0.2, 0) is 24.1 Å². The number of nitrogens with two attached hydrogens (primary N) is 1. The van der Waals surface area contributed by atoms with Crippen LogP contribution in [-0.4, -0.2) is 17.2 Å². The molecule has 0 aliphatic carbocycles. The van der Waals surface area contributed by atoms with Crippen LogP contribution in [0.1, 0.15) is 0 Å². The smallest absolute Gasteiger partial charge is 0.142 e. The molecule has 0 aromatic carbocycles.